The third-order valence-corrected chi connectivity index (χ3v) is 7.10. The summed E-state index contributed by atoms with van der Waals surface area (Å²) in [6.07, 6.45) is -1.22. The summed E-state index contributed by atoms with van der Waals surface area (Å²) in [7, 11) is -1.05. The first-order chi connectivity index (χ1) is 16.3. The van der Waals surface area contributed by atoms with E-state index >= 15 is 0 Å². The van der Waals surface area contributed by atoms with Gasteiger partial charge in [-0.05, 0) is 18.2 Å². The first-order valence-corrected chi connectivity index (χ1v) is 12.2. The molecule has 3 rings (SSSR count). The average molecular weight is 492 g/mol. The SMILES string of the molecule is CN(C)S(=O)(=O)c1ccc(NCCO)c(C(=O)OC(C(=O)N2CCOCC2)c2ccccc2)c1. The van der Waals surface area contributed by atoms with Gasteiger partial charge in [0.15, 0.2) is 0 Å². The fourth-order valence-corrected chi connectivity index (χ4v) is 4.35. The first kappa shape index (κ1) is 25.6. The number of rotatable bonds is 9. The van der Waals surface area contributed by atoms with Gasteiger partial charge in [-0.15, -0.1) is 0 Å². The highest BCUT2D eigenvalue weighted by molar-refractivity contribution is 7.89. The number of carbonyl (C=O) groups excluding carboxylic acids is 2. The van der Waals surface area contributed by atoms with Crippen molar-refractivity contribution in [3.05, 3.63) is 59.7 Å². The minimum Gasteiger partial charge on any atom is -0.444 e. The van der Waals surface area contributed by atoms with Crippen LogP contribution in [0, 0.1) is 0 Å². The first-order valence-electron chi connectivity index (χ1n) is 10.8. The quantitative estimate of drug-likeness (QED) is 0.500. The number of esters is 1. The van der Waals surface area contributed by atoms with Gasteiger partial charge in [0.2, 0.25) is 16.1 Å². The number of hydrogen-bond acceptors (Lipinski definition) is 8. The molecule has 0 radical (unpaired) electrons. The minimum atomic E-state index is -3.82. The highest BCUT2D eigenvalue weighted by Crippen LogP contribution is 2.27. The van der Waals surface area contributed by atoms with Crippen molar-refractivity contribution >= 4 is 27.6 Å². The molecule has 2 N–H and O–H groups in total. The zero-order valence-corrected chi connectivity index (χ0v) is 20.0. The smallest absolute Gasteiger partial charge is 0.341 e. The van der Waals surface area contributed by atoms with Gasteiger partial charge in [-0.25, -0.2) is 17.5 Å². The molecule has 0 spiro atoms. The molecule has 0 bridgehead atoms. The van der Waals surface area contributed by atoms with Crippen molar-refractivity contribution < 1.29 is 32.6 Å². The van der Waals surface area contributed by atoms with Crippen molar-refractivity contribution in [1.82, 2.24) is 9.21 Å². The summed E-state index contributed by atoms with van der Waals surface area (Å²) in [5, 5.41) is 12.1. The number of nitrogens with one attached hydrogen (secondary N) is 1. The van der Waals surface area contributed by atoms with Gasteiger partial charge in [0.25, 0.3) is 5.91 Å². The van der Waals surface area contributed by atoms with E-state index in [1.165, 1.54) is 32.3 Å². The van der Waals surface area contributed by atoms with E-state index in [9.17, 15) is 23.1 Å². The molecule has 1 aliphatic rings. The molecule has 1 saturated heterocycles. The predicted molar refractivity (Wildman–Crippen MR) is 125 cm³/mol. The molecule has 10 nitrogen and oxygen atoms in total. The van der Waals surface area contributed by atoms with Gasteiger partial charge < -0.3 is 24.8 Å². The fraction of sp³-hybridized carbons (Fsp3) is 0.391. The zero-order chi connectivity index (χ0) is 24.7. The van der Waals surface area contributed by atoms with Crippen molar-refractivity contribution in [2.75, 3.05) is 58.9 Å². The molecule has 2 aromatic rings. The molecule has 2 aromatic carbocycles. The second-order valence-electron chi connectivity index (χ2n) is 7.78. The van der Waals surface area contributed by atoms with E-state index in [0.717, 1.165) is 4.31 Å². The number of morpholine rings is 1. The van der Waals surface area contributed by atoms with Crippen LogP contribution in [0.2, 0.25) is 0 Å². The summed E-state index contributed by atoms with van der Waals surface area (Å²) in [5.41, 5.74) is 0.712. The Labute approximate surface area is 199 Å². The number of amides is 1. The lowest BCUT2D eigenvalue weighted by Gasteiger charge is -2.30. The van der Waals surface area contributed by atoms with Crippen molar-refractivity contribution in [2.45, 2.75) is 11.0 Å². The molecule has 1 fully saturated rings. The van der Waals surface area contributed by atoms with E-state index in [-0.39, 0.29) is 35.2 Å². The molecule has 184 valence electrons. The van der Waals surface area contributed by atoms with Crippen LogP contribution in [0.15, 0.2) is 53.4 Å². The Balaban J connectivity index is 1.98. The van der Waals surface area contributed by atoms with Gasteiger partial charge in [-0.2, -0.15) is 0 Å². The zero-order valence-electron chi connectivity index (χ0n) is 19.1. The third kappa shape index (κ3) is 5.92. The lowest BCUT2D eigenvalue weighted by Crippen LogP contribution is -2.44. The number of aliphatic hydroxyl groups excluding tert-OH is 1. The second-order valence-corrected chi connectivity index (χ2v) is 9.93. The van der Waals surface area contributed by atoms with Gasteiger partial charge in [0.1, 0.15) is 0 Å². The average Bonchev–Trinajstić information content (AvgIpc) is 2.86. The summed E-state index contributed by atoms with van der Waals surface area (Å²) >= 11 is 0. The van der Waals surface area contributed by atoms with E-state index in [4.69, 9.17) is 9.47 Å². The van der Waals surface area contributed by atoms with E-state index in [0.29, 0.717) is 31.9 Å². The maximum Gasteiger partial charge on any atom is 0.341 e. The number of sulfonamides is 1. The highest BCUT2D eigenvalue weighted by Gasteiger charge is 2.32. The summed E-state index contributed by atoms with van der Waals surface area (Å²) < 4.78 is 37.3. The van der Waals surface area contributed by atoms with Crippen LogP contribution in [0.5, 0.6) is 0 Å². The normalized spacial score (nSPS) is 15.1. The van der Waals surface area contributed by atoms with E-state index in [1.807, 2.05) is 0 Å². The van der Waals surface area contributed by atoms with Gasteiger partial charge in [0.05, 0.1) is 30.3 Å². The maximum atomic E-state index is 13.3. The van der Waals surface area contributed by atoms with Crippen LogP contribution in [0.25, 0.3) is 0 Å². The van der Waals surface area contributed by atoms with E-state index in [1.54, 1.807) is 35.2 Å². The Bertz CT molecular complexity index is 1100. The van der Waals surface area contributed by atoms with Gasteiger partial charge in [0, 0.05) is 45.0 Å². The summed E-state index contributed by atoms with van der Waals surface area (Å²) in [5.74, 6) is -1.25. The predicted octanol–water partition coefficient (Wildman–Crippen LogP) is 1.10. The number of anilines is 1. The number of ether oxygens (including phenoxy) is 2. The Kier molecular flexibility index (Phi) is 8.61. The second kappa shape index (κ2) is 11.4. The number of aliphatic hydroxyl groups is 1. The lowest BCUT2D eigenvalue weighted by atomic mass is 10.1. The molecular formula is C23H29N3O7S. The topological polar surface area (TPSA) is 125 Å². The van der Waals surface area contributed by atoms with Crippen molar-refractivity contribution in [3.63, 3.8) is 0 Å². The summed E-state index contributed by atoms with van der Waals surface area (Å²) in [4.78, 5) is 28.1. The Morgan fingerprint density at radius 1 is 1.15 bits per heavy atom. The molecule has 1 heterocycles. The molecular weight excluding hydrogens is 462 g/mol. The Hall–Kier alpha value is -2.99. The van der Waals surface area contributed by atoms with Crippen LogP contribution < -0.4 is 5.32 Å². The van der Waals surface area contributed by atoms with E-state index in [2.05, 4.69) is 5.32 Å². The van der Waals surface area contributed by atoms with Crippen LogP contribution >= 0.6 is 0 Å². The largest absolute Gasteiger partial charge is 0.444 e. The number of hydrogen-bond donors (Lipinski definition) is 2. The summed E-state index contributed by atoms with van der Waals surface area (Å²) in [6, 6.07) is 12.6. The number of carbonyl (C=O) groups is 2. The monoisotopic (exact) mass is 491 g/mol. The molecule has 1 unspecified atom stereocenters. The maximum absolute atomic E-state index is 13.3. The Morgan fingerprint density at radius 3 is 2.44 bits per heavy atom. The van der Waals surface area contributed by atoms with Crippen LogP contribution in [0.4, 0.5) is 5.69 Å². The van der Waals surface area contributed by atoms with Crippen molar-refractivity contribution in [3.8, 4) is 0 Å². The number of nitrogens with zero attached hydrogens (tertiary/aromatic N) is 2. The standard InChI is InChI=1S/C23H29N3O7S/c1-25(2)34(30,31)18-8-9-20(24-10-13-27)19(16-18)23(29)33-21(17-6-4-3-5-7-17)22(28)26-11-14-32-15-12-26/h3-9,16,21,24,27H,10-15H2,1-2H3. The van der Waals surface area contributed by atoms with Crippen LogP contribution in [-0.2, 0) is 24.3 Å². The third-order valence-electron chi connectivity index (χ3n) is 5.29. The van der Waals surface area contributed by atoms with E-state index < -0.39 is 22.1 Å². The molecule has 34 heavy (non-hydrogen) atoms. The fourth-order valence-electron chi connectivity index (χ4n) is 3.42. The van der Waals surface area contributed by atoms with Crippen molar-refractivity contribution in [2.24, 2.45) is 0 Å². The molecule has 0 aromatic heterocycles. The molecule has 0 aliphatic carbocycles. The molecule has 0 saturated carbocycles. The van der Waals surface area contributed by atoms with Gasteiger partial charge in [-0.1, -0.05) is 30.3 Å². The molecule has 11 heteroatoms. The highest BCUT2D eigenvalue weighted by atomic mass is 32.2. The molecule has 1 aliphatic heterocycles. The van der Waals surface area contributed by atoms with Crippen molar-refractivity contribution in [1.29, 1.82) is 0 Å². The molecule has 1 atom stereocenters. The minimum absolute atomic E-state index is 0.0629. The number of benzene rings is 2. The summed E-state index contributed by atoms with van der Waals surface area (Å²) in [6.45, 7) is 1.46. The van der Waals surface area contributed by atoms with Crippen LogP contribution in [0.1, 0.15) is 22.0 Å². The van der Waals surface area contributed by atoms with Crippen LogP contribution in [0.3, 0.4) is 0 Å². The Morgan fingerprint density at radius 2 is 1.82 bits per heavy atom. The van der Waals surface area contributed by atoms with Gasteiger partial charge >= 0.3 is 5.97 Å². The van der Waals surface area contributed by atoms with Crippen LogP contribution in [-0.4, -0.2) is 88.2 Å². The lowest BCUT2D eigenvalue weighted by molar-refractivity contribution is -0.145. The van der Waals surface area contributed by atoms with Gasteiger partial charge in [-0.3, -0.25) is 4.79 Å². The molecule has 1 amide bonds.